The second kappa shape index (κ2) is 7.16. The van der Waals surface area contributed by atoms with E-state index in [1.54, 1.807) is 25.1 Å². The van der Waals surface area contributed by atoms with Crippen molar-refractivity contribution >= 4 is 29.1 Å². The summed E-state index contributed by atoms with van der Waals surface area (Å²) in [6.45, 7) is 3.60. The van der Waals surface area contributed by atoms with Gasteiger partial charge in [0.15, 0.2) is 6.10 Å². The zero-order valence-corrected chi connectivity index (χ0v) is 12.8. The SMILES string of the molecule is CC(Oc1ccc(Cl)c(Cl)c1)C(=O)NC1CCNCC1. The molecule has 0 aromatic heterocycles. The monoisotopic (exact) mass is 316 g/mol. The molecule has 0 aliphatic carbocycles. The second-order valence-corrected chi connectivity index (χ2v) is 5.68. The maximum Gasteiger partial charge on any atom is 0.260 e. The Kier molecular flexibility index (Phi) is 5.52. The molecule has 1 aliphatic heterocycles. The van der Waals surface area contributed by atoms with Gasteiger partial charge in [-0.1, -0.05) is 23.2 Å². The third-order valence-electron chi connectivity index (χ3n) is 3.26. The number of halogens is 2. The first kappa shape index (κ1) is 15.4. The minimum Gasteiger partial charge on any atom is -0.481 e. The molecule has 2 N–H and O–H groups in total. The smallest absolute Gasteiger partial charge is 0.260 e. The quantitative estimate of drug-likeness (QED) is 0.897. The average molecular weight is 317 g/mol. The number of amides is 1. The Labute approximate surface area is 128 Å². The molecule has 20 heavy (non-hydrogen) atoms. The highest BCUT2D eigenvalue weighted by Gasteiger charge is 2.20. The molecule has 0 radical (unpaired) electrons. The van der Waals surface area contributed by atoms with Crippen molar-refractivity contribution in [2.75, 3.05) is 13.1 Å². The first-order valence-electron chi connectivity index (χ1n) is 6.69. The fraction of sp³-hybridized carbons (Fsp3) is 0.500. The van der Waals surface area contributed by atoms with Gasteiger partial charge >= 0.3 is 0 Å². The van der Waals surface area contributed by atoms with E-state index < -0.39 is 6.10 Å². The number of carbonyl (C=O) groups excluding carboxylic acids is 1. The first-order chi connectivity index (χ1) is 9.56. The van der Waals surface area contributed by atoms with Crippen molar-refractivity contribution in [3.8, 4) is 5.75 Å². The number of piperidine rings is 1. The summed E-state index contributed by atoms with van der Waals surface area (Å²) in [5, 5.41) is 7.14. The lowest BCUT2D eigenvalue weighted by Gasteiger charge is -2.25. The number of hydrogen-bond acceptors (Lipinski definition) is 3. The fourth-order valence-corrected chi connectivity index (χ4v) is 2.38. The molecule has 1 aliphatic rings. The van der Waals surface area contributed by atoms with Crippen LogP contribution in [-0.4, -0.2) is 31.1 Å². The van der Waals surface area contributed by atoms with Crippen LogP contribution in [0.5, 0.6) is 5.75 Å². The van der Waals surface area contributed by atoms with Crippen molar-refractivity contribution in [3.05, 3.63) is 28.2 Å². The molecule has 0 bridgehead atoms. The van der Waals surface area contributed by atoms with Gasteiger partial charge in [-0.05, 0) is 45.0 Å². The van der Waals surface area contributed by atoms with Crippen LogP contribution in [0.1, 0.15) is 19.8 Å². The molecule has 1 saturated heterocycles. The summed E-state index contributed by atoms with van der Waals surface area (Å²) >= 11 is 11.7. The van der Waals surface area contributed by atoms with Crippen LogP contribution in [0.25, 0.3) is 0 Å². The Morgan fingerprint density at radius 2 is 2.05 bits per heavy atom. The van der Waals surface area contributed by atoms with Crippen LogP contribution in [0.3, 0.4) is 0 Å². The summed E-state index contributed by atoms with van der Waals surface area (Å²) in [5.41, 5.74) is 0. The lowest BCUT2D eigenvalue weighted by atomic mass is 10.1. The van der Waals surface area contributed by atoms with Crippen LogP contribution >= 0.6 is 23.2 Å². The van der Waals surface area contributed by atoms with Crippen LogP contribution < -0.4 is 15.4 Å². The lowest BCUT2D eigenvalue weighted by molar-refractivity contribution is -0.128. The Morgan fingerprint density at radius 3 is 2.70 bits per heavy atom. The van der Waals surface area contributed by atoms with Gasteiger partial charge in [0.25, 0.3) is 5.91 Å². The first-order valence-corrected chi connectivity index (χ1v) is 7.44. The zero-order chi connectivity index (χ0) is 14.5. The second-order valence-electron chi connectivity index (χ2n) is 4.87. The number of benzene rings is 1. The van der Waals surface area contributed by atoms with Crippen molar-refractivity contribution in [2.45, 2.75) is 31.9 Å². The van der Waals surface area contributed by atoms with Gasteiger partial charge in [-0.2, -0.15) is 0 Å². The minimum atomic E-state index is -0.567. The molecule has 2 rings (SSSR count). The number of rotatable bonds is 4. The molecule has 1 atom stereocenters. The molecule has 1 amide bonds. The van der Waals surface area contributed by atoms with E-state index in [0.29, 0.717) is 15.8 Å². The molecule has 1 fully saturated rings. The topological polar surface area (TPSA) is 50.4 Å². The zero-order valence-electron chi connectivity index (χ0n) is 11.3. The van der Waals surface area contributed by atoms with E-state index in [9.17, 15) is 4.79 Å². The Balaban J connectivity index is 1.88. The Bertz CT molecular complexity index is 476. The third kappa shape index (κ3) is 4.27. The van der Waals surface area contributed by atoms with Gasteiger partial charge in [0.1, 0.15) is 5.75 Å². The predicted octanol–water partition coefficient (Wildman–Crippen LogP) is 2.63. The van der Waals surface area contributed by atoms with Crippen LogP contribution in [0.15, 0.2) is 18.2 Å². The van der Waals surface area contributed by atoms with Crippen molar-refractivity contribution in [1.29, 1.82) is 0 Å². The van der Waals surface area contributed by atoms with E-state index in [-0.39, 0.29) is 11.9 Å². The number of nitrogens with one attached hydrogen (secondary N) is 2. The van der Waals surface area contributed by atoms with Crippen LogP contribution in [-0.2, 0) is 4.79 Å². The molecule has 6 heteroatoms. The van der Waals surface area contributed by atoms with E-state index >= 15 is 0 Å². The summed E-state index contributed by atoms with van der Waals surface area (Å²) in [6.07, 6.45) is 1.33. The maximum absolute atomic E-state index is 12.1. The molecule has 1 unspecified atom stereocenters. The molecule has 1 aromatic rings. The fourth-order valence-electron chi connectivity index (χ4n) is 2.09. The normalized spacial score (nSPS) is 17.6. The highest BCUT2D eigenvalue weighted by atomic mass is 35.5. The lowest BCUT2D eigenvalue weighted by Crippen LogP contribution is -2.46. The predicted molar refractivity (Wildman–Crippen MR) is 80.6 cm³/mol. The minimum absolute atomic E-state index is 0.108. The highest BCUT2D eigenvalue weighted by Crippen LogP contribution is 2.26. The summed E-state index contributed by atoms with van der Waals surface area (Å²) in [4.78, 5) is 12.1. The molecular weight excluding hydrogens is 299 g/mol. The summed E-state index contributed by atoms with van der Waals surface area (Å²) in [5.74, 6) is 0.426. The molecule has 0 saturated carbocycles. The van der Waals surface area contributed by atoms with Crippen molar-refractivity contribution in [1.82, 2.24) is 10.6 Å². The van der Waals surface area contributed by atoms with Crippen molar-refractivity contribution < 1.29 is 9.53 Å². The standard InChI is InChI=1S/C14H18Cl2N2O2/c1-9(14(19)18-10-4-6-17-7-5-10)20-11-2-3-12(15)13(16)8-11/h2-3,8-10,17H,4-7H2,1H3,(H,18,19). The summed E-state index contributed by atoms with van der Waals surface area (Å²) in [7, 11) is 0. The molecular formula is C14H18Cl2N2O2. The van der Waals surface area contributed by atoms with Gasteiger partial charge in [0.2, 0.25) is 0 Å². The maximum atomic E-state index is 12.1. The molecule has 1 aromatic carbocycles. The van der Waals surface area contributed by atoms with Crippen molar-refractivity contribution in [3.63, 3.8) is 0 Å². The van der Waals surface area contributed by atoms with E-state index in [4.69, 9.17) is 27.9 Å². The van der Waals surface area contributed by atoms with Crippen LogP contribution in [0, 0.1) is 0 Å². The van der Waals surface area contributed by atoms with Gasteiger partial charge in [-0.15, -0.1) is 0 Å². The van der Waals surface area contributed by atoms with Gasteiger partial charge in [0, 0.05) is 12.1 Å². The van der Waals surface area contributed by atoms with E-state index in [1.165, 1.54) is 0 Å². The molecule has 110 valence electrons. The summed E-state index contributed by atoms with van der Waals surface area (Å²) < 4.78 is 5.58. The van der Waals surface area contributed by atoms with Gasteiger partial charge in [0.05, 0.1) is 10.0 Å². The van der Waals surface area contributed by atoms with Crippen molar-refractivity contribution in [2.24, 2.45) is 0 Å². The van der Waals surface area contributed by atoms with E-state index in [2.05, 4.69) is 10.6 Å². The number of hydrogen-bond donors (Lipinski definition) is 2. The van der Waals surface area contributed by atoms with Crippen LogP contribution in [0.2, 0.25) is 10.0 Å². The molecule has 0 spiro atoms. The highest BCUT2D eigenvalue weighted by molar-refractivity contribution is 6.42. The molecule has 4 nitrogen and oxygen atoms in total. The number of carbonyl (C=O) groups is 1. The van der Waals surface area contributed by atoms with Gasteiger partial charge in [-0.25, -0.2) is 0 Å². The van der Waals surface area contributed by atoms with Crippen LogP contribution in [0.4, 0.5) is 0 Å². The van der Waals surface area contributed by atoms with E-state index in [1.807, 2.05) is 0 Å². The van der Waals surface area contributed by atoms with Gasteiger partial charge < -0.3 is 15.4 Å². The van der Waals surface area contributed by atoms with E-state index in [0.717, 1.165) is 25.9 Å². The molecule has 1 heterocycles. The summed E-state index contributed by atoms with van der Waals surface area (Å²) in [6, 6.07) is 5.18. The third-order valence-corrected chi connectivity index (χ3v) is 4.00. The largest absolute Gasteiger partial charge is 0.481 e. The Hall–Kier alpha value is -0.970. The Morgan fingerprint density at radius 1 is 1.35 bits per heavy atom. The van der Waals surface area contributed by atoms with Gasteiger partial charge in [-0.3, -0.25) is 4.79 Å². The number of ether oxygens (including phenoxy) is 1. The average Bonchev–Trinajstić information content (AvgIpc) is 2.44.